The Labute approximate surface area is 141 Å². The predicted molar refractivity (Wildman–Crippen MR) is 86.6 cm³/mol. The molecule has 132 valence electrons. The molecule has 2 N–H and O–H groups in total. The van der Waals surface area contributed by atoms with Gasteiger partial charge >= 0.3 is 11.9 Å². The first-order valence-corrected chi connectivity index (χ1v) is 8.30. The largest absolute Gasteiger partial charge is 0.458 e. The molecule has 4 rings (SSSR count). The lowest BCUT2D eigenvalue weighted by Crippen LogP contribution is -2.19. The zero-order chi connectivity index (χ0) is 17.4. The molecule has 1 aromatic rings. The second kappa shape index (κ2) is 9.39. The SMILES string of the molecule is O=C1OCCOC(=O)c2ccc1cc2.OCC1CCC(CO)CC1. The van der Waals surface area contributed by atoms with Gasteiger partial charge < -0.3 is 19.7 Å². The second-order valence-corrected chi connectivity index (χ2v) is 6.10. The maximum absolute atomic E-state index is 11.3. The van der Waals surface area contributed by atoms with E-state index in [9.17, 15) is 9.59 Å². The first-order chi connectivity index (χ1) is 11.6. The van der Waals surface area contributed by atoms with Gasteiger partial charge in [0.15, 0.2) is 0 Å². The molecule has 0 saturated heterocycles. The highest BCUT2D eigenvalue weighted by atomic mass is 16.6. The fourth-order valence-corrected chi connectivity index (χ4v) is 2.77. The molecule has 2 aliphatic heterocycles. The van der Waals surface area contributed by atoms with Crippen molar-refractivity contribution in [3.8, 4) is 0 Å². The van der Waals surface area contributed by atoms with E-state index in [0.717, 1.165) is 25.7 Å². The highest BCUT2D eigenvalue weighted by molar-refractivity contribution is 5.93. The molecule has 1 fully saturated rings. The fourth-order valence-electron chi connectivity index (χ4n) is 2.77. The average Bonchev–Trinajstić information content (AvgIpc) is 2.65. The molecule has 0 aromatic heterocycles. The molecule has 0 unspecified atom stereocenters. The quantitative estimate of drug-likeness (QED) is 0.800. The molecular weight excluding hydrogens is 312 g/mol. The molecule has 2 bridgehead atoms. The fraction of sp³-hybridized carbons (Fsp3) is 0.556. The number of hydrogen-bond donors (Lipinski definition) is 2. The van der Waals surface area contributed by atoms with Crippen molar-refractivity contribution in [1.82, 2.24) is 0 Å². The van der Waals surface area contributed by atoms with Crippen LogP contribution in [0.25, 0.3) is 0 Å². The number of hydrogen-bond acceptors (Lipinski definition) is 6. The van der Waals surface area contributed by atoms with Gasteiger partial charge in [0.05, 0.1) is 11.1 Å². The van der Waals surface area contributed by atoms with E-state index in [-0.39, 0.29) is 13.2 Å². The minimum atomic E-state index is -0.394. The van der Waals surface area contributed by atoms with Crippen LogP contribution in [0.1, 0.15) is 46.4 Å². The number of carbonyl (C=O) groups excluding carboxylic acids is 2. The van der Waals surface area contributed by atoms with Gasteiger partial charge in [0.25, 0.3) is 0 Å². The van der Waals surface area contributed by atoms with Crippen molar-refractivity contribution >= 4 is 11.9 Å². The normalized spacial score (nSPS) is 23.6. The van der Waals surface area contributed by atoms with Crippen LogP contribution in [0.4, 0.5) is 0 Å². The van der Waals surface area contributed by atoms with Gasteiger partial charge in [-0.25, -0.2) is 9.59 Å². The van der Waals surface area contributed by atoms with Gasteiger partial charge in [-0.15, -0.1) is 0 Å². The predicted octanol–water partition coefficient (Wildman–Crippen LogP) is 1.79. The summed E-state index contributed by atoms with van der Waals surface area (Å²) in [5, 5.41) is 17.6. The van der Waals surface area contributed by atoms with Crippen LogP contribution in [0.2, 0.25) is 0 Å². The van der Waals surface area contributed by atoms with E-state index in [1.54, 1.807) is 24.3 Å². The van der Waals surface area contributed by atoms with Crippen LogP contribution in [0.3, 0.4) is 0 Å². The Bertz CT molecular complexity index is 482. The first kappa shape index (κ1) is 18.4. The van der Waals surface area contributed by atoms with Crippen LogP contribution in [-0.2, 0) is 9.47 Å². The van der Waals surface area contributed by atoms with Crippen molar-refractivity contribution in [2.75, 3.05) is 26.4 Å². The van der Waals surface area contributed by atoms with Crippen molar-refractivity contribution in [3.05, 3.63) is 35.4 Å². The Balaban J connectivity index is 0.000000185. The summed E-state index contributed by atoms with van der Waals surface area (Å²) in [6.45, 7) is 0.863. The lowest BCUT2D eigenvalue weighted by atomic mass is 9.83. The molecule has 6 heteroatoms. The van der Waals surface area contributed by atoms with Crippen LogP contribution < -0.4 is 0 Å². The van der Waals surface area contributed by atoms with E-state index in [4.69, 9.17) is 19.7 Å². The highest BCUT2D eigenvalue weighted by Crippen LogP contribution is 2.27. The molecular formula is C18H24O6. The molecule has 0 spiro atoms. The first-order valence-electron chi connectivity index (χ1n) is 8.30. The van der Waals surface area contributed by atoms with Crippen molar-refractivity contribution < 1.29 is 29.3 Å². The zero-order valence-electron chi connectivity index (χ0n) is 13.6. The third-order valence-corrected chi connectivity index (χ3v) is 4.39. The van der Waals surface area contributed by atoms with Gasteiger partial charge in [-0.1, -0.05) is 0 Å². The maximum Gasteiger partial charge on any atom is 0.338 e. The van der Waals surface area contributed by atoms with E-state index in [1.807, 2.05) is 0 Å². The van der Waals surface area contributed by atoms with E-state index < -0.39 is 11.9 Å². The van der Waals surface area contributed by atoms with Crippen LogP contribution in [0.15, 0.2) is 24.3 Å². The van der Waals surface area contributed by atoms with E-state index in [1.165, 1.54) is 0 Å². The number of rotatable bonds is 2. The van der Waals surface area contributed by atoms with Crippen molar-refractivity contribution in [3.63, 3.8) is 0 Å². The minimum Gasteiger partial charge on any atom is -0.458 e. The number of benzene rings is 1. The van der Waals surface area contributed by atoms with Crippen molar-refractivity contribution in [1.29, 1.82) is 0 Å². The molecule has 1 saturated carbocycles. The van der Waals surface area contributed by atoms with E-state index in [2.05, 4.69) is 0 Å². The van der Waals surface area contributed by atoms with Crippen molar-refractivity contribution in [2.24, 2.45) is 11.8 Å². The van der Waals surface area contributed by atoms with Crippen LogP contribution in [0.5, 0.6) is 0 Å². The molecule has 2 heterocycles. The Morgan fingerprint density at radius 1 is 0.750 bits per heavy atom. The number of esters is 2. The summed E-state index contributed by atoms with van der Waals surface area (Å²) < 4.78 is 9.66. The smallest absolute Gasteiger partial charge is 0.338 e. The summed E-state index contributed by atoms with van der Waals surface area (Å²) in [6.07, 6.45) is 4.40. The summed E-state index contributed by atoms with van der Waals surface area (Å²) in [5.41, 5.74) is 0.895. The maximum atomic E-state index is 11.3. The molecule has 24 heavy (non-hydrogen) atoms. The monoisotopic (exact) mass is 336 g/mol. The summed E-state index contributed by atoms with van der Waals surface area (Å²) in [4.78, 5) is 22.5. The molecule has 0 amide bonds. The third kappa shape index (κ3) is 5.32. The van der Waals surface area contributed by atoms with Gasteiger partial charge in [0.1, 0.15) is 13.2 Å². The topological polar surface area (TPSA) is 93.1 Å². The molecule has 6 nitrogen and oxygen atoms in total. The van der Waals surface area contributed by atoms with E-state index in [0.29, 0.717) is 36.2 Å². The number of aliphatic hydroxyl groups excluding tert-OH is 2. The number of ether oxygens (including phenoxy) is 2. The summed E-state index contributed by atoms with van der Waals surface area (Å²) in [5.74, 6) is 0.245. The van der Waals surface area contributed by atoms with Crippen LogP contribution in [0, 0.1) is 11.8 Å². The summed E-state index contributed by atoms with van der Waals surface area (Å²) in [7, 11) is 0. The van der Waals surface area contributed by atoms with E-state index >= 15 is 0 Å². The van der Waals surface area contributed by atoms with Gasteiger partial charge in [-0.05, 0) is 61.8 Å². The number of carbonyl (C=O) groups is 2. The Morgan fingerprint density at radius 2 is 1.08 bits per heavy atom. The second-order valence-electron chi connectivity index (χ2n) is 6.10. The average molecular weight is 336 g/mol. The van der Waals surface area contributed by atoms with Gasteiger partial charge in [-0.2, -0.15) is 0 Å². The summed E-state index contributed by atoms with van der Waals surface area (Å²) >= 11 is 0. The Hall–Kier alpha value is -1.92. The molecule has 3 aliphatic rings. The van der Waals surface area contributed by atoms with Crippen LogP contribution in [-0.4, -0.2) is 48.6 Å². The number of aliphatic hydroxyl groups is 2. The Morgan fingerprint density at radius 3 is 1.38 bits per heavy atom. The molecule has 0 radical (unpaired) electrons. The third-order valence-electron chi connectivity index (χ3n) is 4.39. The van der Waals surface area contributed by atoms with Gasteiger partial charge in [-0.3, -0.25) is 0 Å². The Kier molecular flexibility index (Phi) is 7.21. The lowest BCUT2D eigenvalue weighted by Gasteiger charge is -2.25. The number of fused-ring (bicyclic) bond motifs is 7. The molecule has 0 atom stereocenters. The molecule has 1 aliphatic carbocycles. The van der Waals surface area contributed by atoms with Gasteiger partial charge in [0.2, 0.25) is 0 Å². The lowest BCUT2D eigenvalue weighted by molar-refractivity contribution is 0.0260. The van der Waals surface area contributed by atoms with Gasteiger partial charge in [0, 0.05) is 13.2 Å². The zero-order valence-corrected chi connectivity index (χ0v) is 13.6. The summed E-state index contributed by atoms with van der Waals surface area (Å²) in [6, 6.07) is 6.18. The standard InChI is InChI=1S/C10H8O4.C8H16O2/c11-9-7-1-2-8(4-3-7)10(12)14-6-5-13-9;9-5-7-1-2-8(6-10)4-3-7/h1-4H,5-6H2;7-10H,1-6H2. The molecule has 1 aromatic carbocycles. The van der Waals surface area contributed by atoms with Crippen molar-refractivity contribution in [2.45, 2.75) is 25.7 Å². The minimum absolute atomic E-state index is 0.100. The highest BCUT2D eigenvalue weighted by Gasteiger charge is 2.19. The van der Waals surface area contributed by atoms with Crippen LogP contribution >= 0.6 is 0 Å².